The topological polar surface area (TPSA) is 12.0 Å². The summed E-state index contributed by atoms with van der Waals surface area (Å²) in [6.07, 6.45) is 11.1. The molecule has 2 aliphatic carbocycles. The van der Waals surface area contributed by atoms with Crippen LogP contribution in [0.4, 0.5) is 0 Å². The molecule has 1 N–H and O–H groups in total. The van der Waals surface area contributed by atoms with Gasteiger partial charge in [-0.3, -0.25) is 0 Å². The second-order valence-corrected chi connectivity index (χ2v) is 7.21. The summed E-state index contributed by atoms with van der Waals surface area (Å²) < 4.78 is 0. The zero-order chi connectivity index (χ0) is 14.7. The minimum absolute atomic E-state index is 0.494. The summed E-state index contributed by atoms with van der Waals surface area (Å²) in [5.74, 6) is 0.841. The number of hydrogen-bond donors (Lipinski definition) is 1. The monoisotopic (exact) mass is 285 g/mol. The summed E-state index contributed by atoms with van der Waals surface area (Å²) in [5.41, 5.74) is 3.63. The molecule has 2 saturated carbocycles. The minimum Gasteiger partial charge on any atom is -0.310 e. The van der Waals surface area contributed by atoms with Crippen molar-refractivity contribution in [2.45, 2.75) is 77.2 Å². The van der Waals surface area contributed by atoms with Crippen molar-refractivity contribution >= 4 is 0 Å². The molecule has 0 spiro atoms. The van der Waals surface area contributed by atoms with E-state index >= 15 is 0 Å². The molecule has 0 aliphatic heterocycles. The molecule has 0 amide bonds. The molecule has 0 saturated heterocycles. The fourth-order valence-electron chi connectivity index (χ4n) is 4.55. The third kappa shape index (κ3) is 2.90. The summed E-state index contributed by atoms with van der Waals surface area (Å²) in [5, 5.41) is 3.83. The first-order valence-corrected chi connectivity index (χ1v) is 9.12. The molecule has 1 atom stereocenters. The number of nitrogens with one attached hydrogen (secondary N) is 1. The van der Waals surface area contributed by atoms with Gasteiger partial charge in [-0.1, -0.05) is 57.4 Å². The molecule has 1 aromatic rings. The Hall–Kier alpha value is -0.820. The maximum Gasteiger partial charge on any atom is 0.0377 e. The van der Waals surface area contributed by atoms with Crippen LogP contribution in [-0.4, -0.2) is 6.54 Å². The maximum atomic E-state index is 3.83. The fraction of sp³-hybridized carbons (Fsp3) is 0.700. The van der Waals surface area contributed by atoms with E-state index in [0.29, 0.717) is 11.5 Å². The van der Waals surface area contributed by atoms with Crippen LogP contribution < -0.4 is 5.32 Å². The first-order chi connectivity index (χ1) is 10.3. The maximum absolute atomic E-state index is 3.83. The summed E-state index contributed by atoms with van der Waals surface area (Å²) in [6.45, 7) is 5.71. The zero-order valence-corrected chi connectivity index (χ0v) is 13.8. The Balaban J connectivity index is 1.89. The van der Waals surface area contributed by atoms with Crippen LogP contribution >= 0.6 is 0 Å². The molecule has 21 heavy (non-hydrogen) atoms. The first-order valence-electron chi connectivity index (χ1n) is 9.12. The van der Waals surface area contributed by atoms with Crippen LogP contribution in [0, 0.1) is 5.41 Å². The Morgan fingerprint density at radius 2 is 1.90 bits per heavy atom. The van der Waals surface area contributed by atoms with Gasteiger partial charge in [0.15, 0.2) is 0 Å². The van der Waals surface area contributed by atoms with Gasteiger partial charge in [0.2, 0.25) is 0 Å². The Kier molecular flexibility index (Phi) is 4.69. The molecule has 1 unspecified atom stereocenters. The molecule has 0 radical (unpaired) electrons. The number of rotatable bonds is 6. The molecular weight excluding hydrogens is 254 g/mol. The van der Waals surface area contributed by atoms with Gasteiger partial charge in [-0.15, -0.1) is 0 Å². The smallest absolute Gasteiger partial charge is 0.0377 e. The molecule has 1 nitrogen and oxygen atoms in total. The summed E-state index contributed by atoms with van der Waals surface area (Å²) in [6, 6.07) is 10.1. The van der Waals surface area contributed by atoms with E-state index in [9.17, 15) is 0 Å². The SMILES string of the molecule is CCNC(c1cccc(C2CCC2)c1)C1(CC)CCCC1. The largest absolute Gasteiger partial charge is 0.310 e. The highest BCUT2D eigenvalue weighted by Crippen LogP contribution is 2.50. The van der Waals surface area contributed by atoms with Crippen LogP contribution in [-0.2, 0) is 0 Å². The standard InChI is InChI=1S/C20H31N/c1-3-20(13-5-6-14-20)19(21-4-2)18-12-8-11-17(15-18)16-9-7-10-16/h8,11-12,15-16,19,21H,3-7,9-10,13-14H2,1-2H3. The molecule has 2 aliphatic rings. The van der Waals surface area contributed by atoms with E-state index in [0.717, 1.165) is 12.5 Å². The molecule has 0 aromatic heterocycles. The van der Waals surface area contributed by atoms with Crippen molar-refractivity contribution in [3.05, 3.63) is 35.4 Å². The Morgan fingerprint density at radius 1 is 1.14 bits per heavy atom. The van der Waals surface area contributed by atoms with Crippen molar-refractivity contribution in [2.24, 2.45) is 5.41 Å². The van der Waals surface area contributed by atoms with Crippen molar-refractivity contribution in [1.82, 2.24) is 5.32 Å². The van der Waals surface area contributed by atoms with E-state index < -0.39 is 0 Å². The van der Waals surface area contributed by atoms with Gasteiger partial charge in [0, 0.05) is 6.04 Å². The molecule has 116 valence electrons. The Labute approximate surface area is 130 Å². The van der Waals surface area contributed by atoms with Crippen LogP contribution in [0.15, 0.2) is 24.3 Å². The third-order valence-electron chi connectivity index (χ3n) is 6.14. The lowest BCUT2D eigenvalue weighted by Crippen LogP contribution is -2.36. The van der Waals surface area contributed by atoms with E-state index in [4.69, 9.17) is 0 Å². The van der Waals surface area contributed by atoms with Gasteiger partial charge >= 0.3 is 0 Å². The van der Waals surface area contributed by atoms with Gasteiger partial charge in [-0.2, -0.15) is 0 Å². The van der Waals surface area contributed by atoms with Crippen molar-refractivity contribution in [3.8, 4) is 0 Å². The van der Waals surface area contributed by atoms with E-state index in [1.54, 1.807) is 11.1 Å². The summed E-state index contributed by atoms with van der Waals surface area (Å²) in [4.78, 5) is 0. The van der Waals surface area contributed by atoms with Gasteiger partial charge < -0.3 is 5.32 Å². The van der Waals surface area contributed by atoms with Crippen molar-refractivity contribution < 1.29 is 0 Å². The molecule has 1 heteroatoms. The molecule has 2 fully saturated rings. The first kappa shape index (κ1) is 15.1. The molecule has 3 rings (SSSR count). The fourth-order valence-corrected chi connectivity index (χ4v) is 4.55. The predicted molar refractivity (Wildman–Crippen MR) is 90.6 cm³/mol. The molecule has 1 aromatic carbocycles. The quantitative estimate of drug-likeness (QED) is 0.720. The van der Waals surface area contributed by atoms with Gasteiger partial charge in [-0.05, 0) is 61.1 Å². The zero-order valence-electron chi connectivity index (χ0n) is 13.8. The second-order valence-electron chi connectivity index (χ2n) is 7.21. The molecule has 0 bridgehead atoms. The van der Waals surface area contributed by atoms with E-state index in [2.05, 4.69) is 43.4 Å². The van der Waals surface area contributed by atoms with Crippen molar-refractivity contribution in [1.29, 1.82) is 0 Å². The summed E-state index contributed by atoms with van der Waals surface area (Å²) >= 11 is 0. The van der Waals surface area contributed by atoms with E-state index in [1.807, 2.05) is 0 Å². The van der Waals surface area contributed by atoms with Crippen molar-refractivity contribution in [3.63, 3.8) is 0 Å². The van der Waals surface area contributed by atoms with Gasteiger partial charge in [0.05, 0.1) is 0 Å². The third-order valence-corrected chi connectivity index (χ3v) is 6.14. The van der Waals surface area contributed by atoms with E-state index in [1.165, 1.54) is 51.4 Å². The molecular formula is C20H31N. The normalized spacial score (nSPS) is 23.0. The van der Waals surface area contributed by atoms with Crippen LogP contribution in [0.3, 0.4) is 0 Å². The minimum atomic E-state index is 0.494. The average Bonchev–Trinajstić information content (AvgIpc) is 2.93. The van der Waals surface area contributed by atoms with Gasteiger partial charge in [-0.25, -0.2) is 0 Å². The van der Waals surface area contributed by atoms with E-state index in [-0.39, 0.29) is 0 Å². The Bertz CT molecular complexity index is 455. The predicted octanol–water partition coefficient (Wildman–Crippen LogP) is 5.58. The number of benzene rings is 1. The highest BCUT2D eigenvalue weighted by molar-refractivity contribution is 5.31. The van der Waals surface area contributed by atoms with Crippen LogP contribution in [0.2, 0.25) is 0 Å². The molecule has 0 heterocycles. The lowest BCUT2D eigenvalue weighted by atomic mass is 9.72. The van der Waals surface area contributed by atoms with Crippen LogP contribution in [0.25, 0.3) is 0 Å². The van der Waals surface area contributed by atoms with Crippen LogP contribution in [0.5, 0.6) is 0 Å². The average molecular weight is 285 g/mol. The van der Waals surface area contributed by atoms with Gasteiger partial charge in [0.1, 0.15) is 0 Å². The Morgan fingerprint density at radius 3 is 2.48 bits per heavy atom. The van der Waals surface area contributed by atoms with Crippen molar-refractivity contribution in [2.75, 3.05) is 6.54 Å². The van der Waals surface area contributed by atoms with Gasteiger partial charge in [0.25, 0.3) is 0 Å². The number of hydrogen-bond acceptors (Lipinski definition) is 1. The lowest BCUT2D eigenvalue weighted by Gasteiger charge is -2.38. The van der Waals surface area contributed by atoms with Crippen LogP contribution in [0.1, 0.15) is 88.3 Å². The second kappa shape index (κ2) is 6.52. The highest BCUT2D eigenvalue weighted by atomic mass is 14.9. The lowest BCUT2D eigenvalue weighted by molar-refractivity contribution is 0.189. The highest BCUT2D eigenvalue weighted by Gasteiger charge is 2.40. The summed E-state index contributed by atoms with van der Waals surface area (Å²) in [7, 11) is 0.